The van der Waals surface area contributed by atoms with Crippen LogP contribution < -0.4 is 20.7 Å². The monoisotopic (exact) mass is 393 g/mol. The third-order valence-electron chi connectivity index (χ3n) is 4.63. The van der Waals surface area contributed by atoms with Crippen molar-refractivity contribution in [3.8, 4) is 5.75 Å². The molecule has 1 aromatic heterocycles. The second kappa shape index (κ2) is 8.14. The molecule has 7 nitrogen and oxygen atoms in total. The number of carbonyl (C=O) groups is 1. The van der Waals surface area contributed by atoms with E-state index in [2.05, 4.69) is 20.2 Å². The molecule has 0 saturated carbocycles. The van der Waals surface area contributed by atoms with Gasteiger partial charge in [-0.15, -0.1) is 0 Å². The highest BCUT2D eigenvalue weighted by atomic mass is 19.1. The van der Waals surface area contributed by atoms with Crippen molar-refractivity contribution in [2.75, 3.05) is 23.3 Å². The van der Waals surface area contributed by atoms with Gasteiger partial charge in [-0.25, -0.2) is 14.4 Å². The number of anilines is 2. The molecule has 0 aliphatic carbocycles. The minimum absolute atomic E-state index is 0.0309. The highest BCUT2D eigenvalue weighted by Gasteiger charge is 2.29. The SMILES string of the molecule is NC(=O)c1cccc(CNc2cc(N3CC(Oc4ccc(F)cc4)C3)ncn2)c1. The molecule has 0 atom stereocenters. The van der Waals surface area contributed by atoms with Gasteiger partial charge in [0.15, 0.2) is 0 Å². The van der Waals surface area contributed by atoms with E-state index in [1.807, 2.05) is 12.1 Å². The summed E-state index contributed by atoms with van der Waals surface area (Å²) in [7, 11) is 0. The smallest absolute Gasteiger partial charge is 0.248 e. The topological polar surface area (TPSA) is 93.4 Å². The van der Waals surface area contributed by atoms with Gasteiger partial charge in [0, 0.05) is 18.2 Å². The molecule has 148 valence electrons. The predicted octanol–water partition coefficient (Wildman–Crippen LogP) is 2.59. The Morgan fingerprint density at radius 3 is 2.72 bits per heavy atom. The van der Waals surface area contributed by atoms with E-state index in [4.69, 9.17) is 10.5 Å². The van der Waals surface area contributed by atoms with Gasteiger partial charge in [0.1, 0.15) is 35.6 Å². The molecule has 1 amide bonds. The fourth-order valence-electron chi connectivity index (χ4n) is 3.05. The molecule has 0 bridgehead atoms. The molecule has 1 aliphatic heterocycles. The average molecular weight is 393 g/mol. The van der Waals surface area contributed by atoms with Crippen LogP contribution in [0.3, 0.4) is 0 Å². The van der Waals surface area contributed by atoms with Crippen molar-refractivity contribution < 1.29 is 13.9 Å². The van der Waals surface area contributed by atoms with Crippen LogP contribution in [0.15, 0.2) is 60.9 Å². The summed E-state index contributed by atoms with van der Waals surface area (Å²) >= 11 is 0. The lowest BCUT2D eigenvalue weighted by molar-refractivity contribution is 0.1000. The number of nitrogens with zero attached hydrogens (tertiary/aromatic N) is 3. The molecule has 4 rings (SSSR count). The molecule has 1 fully saturated rings. The van der Waals surface area contributed by atoms with Crippen molar-refractivity contribution in [2.45, 2.75) is 12.6 Å². The molecule has 0 spiro atoms. The van der Waals surface area contributed by atoms with E-state index >= 15 is 0 Å². The second-order valence-corrected chi connectivity index (χ2v) is 6.78. The number of nitrogens with one attached hydrogen (secondary N) is 1. The van der Waals surface area contributed by atoms with Crippen LogP contribution in [-0.4, -0.2) is 35.1 Å². The van der Waals surface area contributed by atoms with Crippen molar-refractivity contribution >= 4 is 17.5 Å². The number of rotatable bonds is 7. The molecule has 0 radical (unpaired) electrons. The van der Waals surface area contributed by atoms with Gasteiger partial charge in [-0.1, -0.05) is 12.1 Å². The summed E-state index contributed by atoms with van der Waals surface area (Å²) in [6.45, 7) is 1.89. The first-order chi connectivity index (χ1) is 14.1. The first-order valence-electron chi connectivity index (χ1n) is 9.18. The van der Waals surface area contributed by atoms with Crippen molar-refractivity contribution in [3.63, 3.8) is 0 Å². The molecule has 1 saturated heterocycles. The minimum Gasteiger partial charge on any atom is -0.487 e. The summed E-state index contributed by atoms with van der Waals surface area (Å²) in [4.78, 5) is 21.9. The van der Waals surface area contributed by atoms with Gasteiger partial charge in [-0.3, -0.25) is 4.79 Å². The molecular formula is C21H20FN5O2. The van der Waals surface area contributed by atoms with Gasteiger partial charge in [-0.2, -0.15) is 0 Å². The number of nitrogens with two attached hydrogens (primary N) is 1. The van der Waals surface area contributed by atoms with Crippen molar-refractivity contribution in [3.05, 3.63) is 77.9 Å². The zero-order valence-corrected chi connectivity index (χ0v) is 15.6. The number of primary amides is 1. The van der Waals surface area contributed by atoms with E-state index in [0.29, 0.717) is 36.8 Å². The summed E-state index contributed by atoms with van der Waals surface area (Å²) in [5.74, 6) is 1.40. The maximum Gasteiger partial charge on any atom is 0.248 e. The quantitative estimate of drug-likeness (QED) is 0.641. The van der Waals surface area contributed by atoms with Crippen LogP contribution in [0.2, 0.25) is 0 Å². The number of ether oxygens (including phenoxy) is 1. The van der Waals surface area contributed by atoms with Crippen LogP contribution in [0.4, 0.5) is 16.0 Å². The van der Waals surface area contributed by atoms with E-state index < -0.39 is 5.91 Å². The Labute approximate surface area is 167 Å². The highest BCUT2D eigenvalue weighted by molar-refractivity contribution is 5.92. The normalized spacial score (nSPS) is 13.6. The molecule has 2 heterocycles. The van der Waals surface area contributed by atoms with Gasteiger partial charge in [0.25, 0.3) is 0 Å². The fourth-order valence-corrected chi connectivity index (χ4v) is 3.05. The number of hydrogen-bond donors (Lipinski definition) is 2. The van der Waals surface area contributed by atoms with E-state index in [1.54, 1.807) is 30.3 Å². The molecule has 29 heavy (non-hydrogen) atoms. The summed E-state index contributed by atoms with van der Waals surface area (Å²) in [6.07, 6.45) is 1.54. The van der Waals surface area contributed by atoms with E-state index in [0.717, 1.165) is 11.4 Å². The van der Waals surface area contributed by atoms with E-state index in [9.17, 15) is 9.18 Å². The Morgan fingerprint density at radius 2 is 1.97 bits per heavy atom. The number of halogens is 1. The van der Waals surface area contributed by atoms with Gasteiger partial charge < -0.3 is 20.7 Å². The van der Waals surface area contributed by atoms with Crippen molar-refractivity contribution in [1.82, 2.24) is 9.97 Å². The number of amides is 1. The third kappa shape index (κ3) is 4.60. The maximum atomic E-state index is 13.0. The molecule has 3 N–H and O–H groups in total. The predicted molar refractivity (Wildman–Crippen MR) is 107 cm³/mol. The zero-order valence-electron chi connectivity index (χ0n) is 15.6. The van der Waals surface area contributed by atoms with Crippen LogP contribution in [0.5, 0.6) is 5.75 Å². The van der Waals surface area contributed by atoms with Gasteiger partial charge in [-0.05, 0) is 42.0 Å². The zero-order chi connectivity index (χ0) is 20.2. The summed E-state index contributed by atoms with van der Waals surface area (Å²) < 4.78 is 18.8. The lowest BCUT2D eigenvalue weighted by Crippen LogP contribution is -2.54. The average Bonchev–Trinajstić information content (AvgIpc) is 2.70. The van der Waals surface area contributed by atoms with Crippen LogP contribution in [0.25, 0.3) is 0 Å². The Morgan fingerprint density at radius 1 is 1.17 bits per heavy atom. The van der Waals surface area contributed by atoms with E-state index in [-0.39, 0.29) is 11.9 Å². The lowest BCUT2D eigenvalue weighted by atomic mass is 10.1. The van der Waals surface area contributed by atoms with Gasteiger partial charge in [0.2, 0.25) is 5.91 Å². The Bertz CT molecular complexity index is 1010. The number of aromatic nitrogens is 2. The number of benzene rings is 2. The highest BCUT2D eigenvalue weighted by Crippen LogP contribution is 2.24. The van der Waals surface area contributed by atoms with Crippen LogP contribution in [-0.2, 0) is 6.54 Å². The molecule has 0 unspecified atom stereocenters. The summed E-state index contributed by atoms with van der Waals surface area (Å²) in [5, 5.41) is 3.23. The van der Waals surface area contributed by atoms with Crippen LogP contribution in [0, 0.1) is 5.82 Å². The third-order valence-corrected chi connectivity index (χ3v) is 4.63. The Balaban J connectivity index is 1.32. The second-order valence-electron chi connectivity index (χ2n) is 6.78. The number of carbonyl (C=O) groups excluding carboxylic acids is 1. The van der Waals surface area contributed by atoms with Crippen molar-refractivity contribution in [2.24, 2.45) is 5.73 Å². The number of hydrogen-bond acceptors (Lipinski definition) is 6. The molecular weight excluding hydrogens is 373 g/mol. The Hall–Kier alpha value is -3.68. The van der Waals surface area contributed by atoms with E-state index in [1.165, 1.54) is 18.5 Å². The largest absolute Gasteiger partial charge is 0.487 e. The maximum absolute atomic E-state index is 13.0. The van der Waals surface area contributed by atoms with Gasteiger partial charge >= 0.3 is 0 Å². The first-order valence-corrected chi connectivity index (χ1v) is 9.18. The first kappa shape index (κ1) is 18.7. The standard InChI is InChI=1S/C21H20FN5O2/c22-16-4-6-17(7-5-16)29-18-11-27(12-18)20-9-19(25-13-26-20)24-10-14-2-1-3-15(8-14)21(23)28/h1-9,13,18H,10-12H2,(H2,23,28)(H,24,25,26). The molecule has 3 aromatic rings. The summed E-state index contributed by atoms with van der Waals surface area (Å²) in [5.41, 5.74) is 6.72. The molecule has 8 heteroatoms. The summed E-state index contributed by atoms with van der Waals surface area (Å²) in [6, 6.07) is 15.0. The van der Waals surface area contributed by atoms with Crippen LogP contribution in [0.1, 0.15) is 15.9 Å². The Kier molecular flexibility index (Phi) is 5.24. The fraction of sp³-hybridized carbons (Fsp3) is 0.190. The molecule has 1 aliphatic rings. The van der Waals surface area contributed by atoms with Gasteiger partial charge in [0.05, 0.1) is 13.1 Å². The molecule has 2 aromatic carbocycles. The van der Waals surface area contributed by atoms with Crippen LogP contribution >= 0.6 is 0 Å². The van der Waals surface area contributed by atoms with Crippen molar-refractivity contribution in [1.29, 1.82) is 0 Å². The minimum atomic E-state index is -0.452. The lowest BCUT2D eigenvalue weighted by Gasteiger charge is -2.39.